The van der Waals surface area contributed by atoms with Crippen LogP contribution in [0.2, 0.25) is 5.15 Å². The van der Waals surface area contributed by atoms with Crippen molar-refractivity contribution in [2.45, 2.75) is 25.3 Å². The number of halogens is 1. The van der Waals surface area contributed by atoms with E-state index in [1.807, 2.05) is 11.8 Å². The molecule has 0 saturated carbocycles. The average Bonchev–Trinajstić information content (AvgIpc) is 2.28. The van der Waals surface area contributed by atoms with Gasteiger partial charge in [-0.1, -0.05) is 11.6 Å². The first-order valence-electron chi connectivity index (χ1n) is 5.82. The van der Waals surface area contributed by atoms with Gasteiger partial charge >= 0.3 is 5.97 Å². The van der Waals surface area contributed by atoms with Gasteiger partial charge in [-0.25, -0.2) is 9.78 Å². The number of rotatable bonds is 2. The molecule has 6 heteroatoms. The van der Waals surface area contributed by atoms with Crippen molar-refractivity contribution in [2.75, 3.05) is 18.0 Å². The molecule has 1 aromatic heterocycles. The van der Waals surface area contributed by atoms with Crippen molar-refractivity contribution in [3.05, 3.63) is 22.8 Å². The number of aromatic carboxylic acids is 1. The molecule has 2 rings (SSSR count). The summed E-state index contributed by atoms with van der Waals surface area (Å²) in [6.45, 7) is 3.55. The maximum absolute atomic E-state index is 11.0. The van der Waals surface area contributed by atoms with Crippen LogP contribution in [-0.4, -0.2) is 34.7 Å². The van der Waals surface area contributed by atoms with Crippen LogP contribution < -0.4 is 10.6 Å². The third-order valence-electron chi connectivity index (χ3n) is 3.26. The van der Waals surface area contributed by atoms with E-state index in [0.29, 0.717) is 5.82 Å². The van der Waals surface area contributed by atoms with Crippen molar-refractivity contribution in [1.82, 2.24) is 4.98 Å². The number of hydrogen-bond acceptors (Lipinski definition) is 4. The zero-order valence-corrected chi connectivity index (χ0v) is 10.9. The van der Waals surface area contributed by atoms with Crippen LogP contribution in [-0.2, 0) is 0 Å². The number of carboxylic acids is 1. The Labute approximate surface area is 111 Å². The Morgan fingerprint density at radius 3 is 2.67 bits per heavy atom. The summed E-state index contributed by atoms with van der Waals surface area (Å²) >= 11 is 5.84. The van der Waals surface area contributed by atoms with Gasteiger partial charge in [0.1, 0.15) is 11.0 Å². The Morgan fingerprint density at radius 2 is 2.11 bits per heavy atom. The van der Waals surface area contributed by atoms with Crippen LogP contribution in [0.25, 0.3) is 0 Å². The molecule has 0 bridgehead atoms. The fourth-order valence-corrected chi connectivity index (χ4v) is 2.22. The average molecular weight is 270 g/mol. The van der Waals surface area contributed by atoms with E-state index >= 15 is 0 Å². The zero-order chi connectivity index (χ0) is 13.3. The van der Waals surface area contributed by atoms with E-state index in [1.165, 1.54) is 6.07 Å². The van der Waals surface area contributed by atoms with Crippen molar-refractivity contribution in [3.63, 3.8) is 0 Å². The molecule has 1 aliphatic heterocycles. The molecule has 1 aromatic rings. The van der Waals surface area contributed by atoms with E-state index in [9.17, 15) is 4.79 Å². The van der Waals surface area contributed by atoms with E-state index in [0.717, 1.165) is 25.9 Å². The molecule has 0 aromatic carbocycles. The SMILES string of the molecule is CC1(N)CCN(c2cc(C(=O)O)cc(Cl)n2)CC1. The summed E-state index contributed by atoms with van der Waals surface area (Å²) < 4.78 is 0. The molecule has 1 fully saturated rings. The van der Waals surface area contributed by atoms with Gasteiger partial charge in [-0.2, -0.15) is 0 Å². The second kappa shape index (κ2) is 4.74. The van der Waals surface area contributed by atoms with Gasteiger partial charge in [0, 0.05) is 18.6 Å². The highest BCUT2D eigenvalue weighted by Crippen LogP contribution is 2.25. The van der Waals surface area contributed by atoms with Crippen LogP contribution in [0.15, 0.2) is 12.1 Å². The first-order valence-corrected chi connectivity index (χ1v) is 6.20. The lowest BCUT2D eigenvalue weighted by Gasteiger charge is -2.37. The van der Waals surface area contributed by atoms with Crippen LogP contribution in [0.5, 0.6) is 0 Å². The molecule has 1 saturated heterocycles. The highest BCUT2D eigenvalue weighted by molar-refractivity contribution is 6.29. The summed E-state index contributed by atoms with van der Waals surface area (Å²) in [5, 5.41) is 9.19. The maximum atomic E-state index is 11.0. The van der Waals surface area contributed by atoms with Crippen molar-refractivity contribution in [2.24, 2.45) is 5.73 Å². The third kappa shape index (κ3) is 2.91. The van der Waals surface area contributed by atoms with Crippen molar-refractivity contribution in [1.29, 1.82) is 0 Å². The monoisotopic (exact) mass is 269 g/mol. The fourth-order valence-electron chi connectivity index (χ4n) is 2.02. The van der Waals surface area contributed by atoms with E-state index in [2.05, 4.69) is 4.98 Å². The zero-order valence-electron chi connectivity index (χ0n) is 10.2. The van der Waals surface area contributed by atoms with Gasteiger partial charge in [0.15, 0.2) is 0 Å². The molecule has 2 heterocycles. The van der Waals surface area contributed by atoms with Gasteiger partial charge in [-0.15, -0.1) is 0 Å². The Balaban J connectivity index is 2.21. The number of carbonyl (C=O) groups is 1. The molecule has 5 nitrogen and oxygen atoms in total. The summed E-state index contributed by atoms with van der Waals surface area (Å²) in [5.74, 6) is -0.392. The number of piperidine rings is 1. The van der Waals surface area contributed by atoms with Gasteiger partial charge in [0.05, 0.1) is 5.56 Å². The lowest BCUT2D eigenvalue weighted by atomic mass is 9.91. The summed E-state index contributed by atoms with van der Waals surface area (Å²) in [6.07, 6.45) is 1.70. The second-order valence-electron chi connectivity index (χ2n) is 4.98. The second-order valence-corrected chi connectivity index (χ2v) is 5.37. The Morgan fingerprint density at radius 1 is 1.50 bits per heavy atom. The molecule has 98 valence electrons. The van der Waals surface area contributed by atoms with Gasteiger partial charge < -0.3 is 15.7 Å². The summed E-state index contributed by atoms with van der Waals surface area (Å²) in [4.78, 5) is 17.2. The maximum Gasteiger partial charge on any atom is 0.335 e. The molecule has 0 aliphatic carbocycles. The van der Waals surface area contributed by atoms with E-state index < -0.39 is 5.97 Å². The minimum atomic E-state index is -0.999. The first kappa shape index (κ1) is 13.1. The van der Waals surface area contributed by atoms with Gasteiger partial charge in [0.2, 0.25) is 0 Å². The number of hydrogen-bond donors (Lipinski definition) is 2. The van der Waals surface area contributed by atoms with Crippen LogP contribution in [0.1, 0.15) is 30.1 Å². The standard InChI is InChI=1S/C12H16ClN3O2/c1-12(14)2-4-16(5-3-12)10-7-8(11(17)18)6-9(13)15-10/h6-7H,2-5,14H2,1H3,(H,17,18). The number of nitrogens with two attached hydrogens (primary N) is 1. The molecule has 0 spiro atoms. The number of carboxylic acid groups (broad SMARTS) is 1. The van der Waals surface area contributed by atoms with Crippen molar-refractivity contribution < 1.29 is 9.90 Å². The smallest absolute Gasteiger partial charge is 0.335 e. The molecule has 0 amide bonds. The molecule has 0 atom stereocenters. The predicted molar refractivity (Wildman–Crippen MR) is 70.2 cm³/mol. The van der Waals surface area contributed by atoms with Gasteiger partial charge in [0.25, 0.3) is 0 Å². The molecule has 18 heavy (non-hydrogen) atoms. The number of aromatic nitrogens is 1. The number of anilines is 1. The largest absolute Gasteiger partial charge is 0.478 e. The molecule has 0 unspecified atom stereocenters. The lowest BCUT2D eigenvalue weighted by molar-refractivity contribution is 0.0696. The van der Waals surface area contributed by atoms with E-state index in [-0.39, 0.29) is 16.3 Å². The first-order chi connectivity index (χ1) is 8.37. The van der Waals surface area contributed by atoms with Crippen LogP contribution >= 0.6 is 11.6 Å². The molecule has 1 aliphatic rings. The van der Waals surface area contributed by atoms with Gasteiger partial charge in [-0.3, -0.25) is 0 Å². The normalized spacial score (nSPS) is 18.7. The summed E-state index contributed by atoms with van der Waals surface area (Å²) in [5.41, 5.74) is 6.07. The summed E-state index contributed by atoms with van der Waals surface area (Å²) in [6, 6.07) is 2.90. The molecule has 0 radical (unpaired) electrons. The predicted octanol–water partition coefficient (Wildman–Crippen LogP) is 1.75. The van der Waals surface area contributed by atoms with Crippen LogP contribution in [0.3, 0.4) is 0 Å². The Kier molecular flexibility index (Phi) is 3.45. The van der Waals surface area contributed by atoms with E-state index in [4.69, 9.17) is 22.4 Å². The topological polar surface area (TPSA) is 79.5 Å². The molecular weight excluding hydrogens is 254 g/mol. The quantitative estimate of drug-likeness (QED) is 0.800. The van der Waals surface area contributed by atoms with E-state index in [1.54, 1.807) is 6.07 Å². The summed E-state index contributed by atoms with van der Waals surface area (Å²) in [7, 11) is 0. The van der Waals surface area contributed by atoms with Crippen LogP contribution in [0.4, 0.5) is 5.82 Å². The molecular formula is C12H16ClN3O2. The highest BCUT2D eigenvalue weighted by Gasteiger charge is 2.26. The van der Waals surface area contributed by atoms with Crippen LogP contribution in [0, 0.1) is 0 Å². The van der Waals surface area contributed by atoms with Gasteiger partial charge in [-0.05, 0) is 31.9 Å². The highest BCUT2D eigenvalue weighted by atomic mass is 35.5. The Bertz CT molecular complexity index is 466. The fraction of sp³-hybridized carbons (Fsp3) is 0.500. The third-order valence-corrected chi connectivity index (χ3v) is 3.45. The minimum Gasteiger partial charge on any atom is -0.478 e. The Hall–Kier alpha value is -1.33. The number of nitrogens with zero attached hydrogens (tertiary/aromatic N) is 2. The molecule has 3 N–H and O–H groups in total. The van der Waals surface area contributed by atoms with Crippen molar-refractivity contribution >= 4 is 23.4 Å². The minimum absolute atomic E-state index is 0.148. The van der Waals surface area contributed by atoms with Crippen molar-refractivity contribution in [3.8, 4) is 0 Å². The number of pyridine rings is 1. The lowest BCUT2D eigenvalue weighted by Crippen LogP contribution is -2.48.